The van der Waals surface area contributed by atoms with Gasteiger partial charge in [0.25, 0.3) is 11.1 Å². The van der Waals surface area contributed by atoms with Crippen LogP contribution in [0, 0.1) is 5.82 Å². The van der Waals surface area contributed by atoms with Crippen LogP contribution >= 0.6 is 12.2 Å². The minimum atomic E-state index is -0.523. The molecule has 0 bridgehead atoms. The molecule has 98 valence electrons. The van der Waals surface area contributed by atoms with Crippen molar-refractivity contribution in [3.8, 4) is 0 Å². The van der Waals surface area contributed by atoms with Crippen molar-refractivity contribution < 1.29 is 4.39 Å². The molecule has 0 amide bonds. The molecule has 2 aromatic rings. The average molecular weight is 279 g/mol. The SMILES string of the molecule is NC(=S)c1cc(Cn2[nH]c(=O)ccc2=O)ccc1F. The number of nitrogens with zero attached hydrogens (tertiary/aromatic N) is 1. The Balaban J connectivity index is 2.41. The molecule has 1 heterocycles. The summed E-state index contributed by atoms with van der Waals surface area (Å²) < 4.78 is 14.5. The Bertz CT molecular complexity index is 751. The summed E-state index contributed by atoms with van der Waals surface area (Å²) in [7, 11) is 0. The number of rotatable bonds is 3. The number of hydrogen-bond acceptors (Lipinski definition) is 3. The maximum Gasteiger partial charge on any atom is 0.265 e. The van der Waals surface area contributed by atoms with Gasteiger partial charge in [0.15, 0.2) is 0 Å². The van der Waals surface area contributed by atoms with Crippen molar-refractivity contribution in [3.05, 3.63) is 68.0 Å². The maximum atomic E-state index is 13.4. The van der Waals surface area contributed by atoms with Crippen molar-refractivity contribution in [1.82, 2.24) is 9.78 Å². The third kappa shape index (κ3) is 2.94. The Hall–Kier alpha value is -2.28. The largest absolute Gasteiger partial charge is 0.389 e. The van der Waals surface area contributed by atoms with Crippen molar-refractivity contribution in [3.63, 3.8) is 0 Å². The second-order valence-corrected chi connectivity index (χ2v) is 4.35. The van der Waals surface area contributed by atoms with Gasteiger partial charge in [0.05, 0.1) is 6.54 Å². The van der Waals surface area contributed by atoms with E-state index in [0.29, 0.717) is 5.56 Å². The van der Waals surface area contributed by atoms with Crippen LogP contribution in [0.25, 0.3) is 0 Å². The molecule has 0 unspecified atom stereocenters. The molecule has 3 N–H and O–H groups in total. The summed E-state index contributed by atoms with van der Waals surface area (Å²) in [5.41, 5.74) is 5.36. The first-order valence-electron chi connectivity index (χ1n) is 5.36. The van der Waals surface area contributed by atoms with Crippen molar-refractivity contribution in [2.45, 2.75) is 6.54 Å². The smallest absolute Gasteiger partial charge is 0.265 e. The third-order valence-corrected chi connectivity index (χ3v) is 2.75. The number of thiocarbonyl (C=S) groups is 1. The lowest BCUT2D eigenvalue weighted by Gasteiger charge is -2.07. The number of aromatic nitrogens is 2. The zero-order valence-corrected chi connectivity index (χ0v) is 10.5. The van der Waals surface area contributed by atoms with E-state index in [9.17, 15) is 14.0 Å². The van der Waals surface area contributed by atoms with E-state index in [4.69, 9.17) is 18.0 Å². The number of halogens is 1. The van der Waals surface area contributed by atoms with Gasteiger partial charge in [0.2, 0.25) is 0 Å². The Morgan fingerprint density at radius 3 is 2.74 bits per heavy atom. The quantitative estimate of drug-likeness (QED) is 0.795. The molecule has 0 saturated heterocycles. The fourth-order valence-electron chi connectivity index (χ4n) is 1.62. The molecule has 0 saturated carbocycles. The molecule has 1 aromatic carbocycles. The van der Waals surface area contributed by atoms with Gasteiger partial charge in [-0.3, -0.25) is 14.7 Å². The van der Waals surface area contributed by atoms with Crippen LogP contribution in [0.2, 0.25) is 0 Å². The number of aromatic amines is 1. The summed E-state index contributed by atoms with van der Waals surface area (Å²) in [6.07, 6.45) is 0. The molecular formula is C12H10FN3O2S. The Kier molecular flexibility index (Phi) is 3.57. The van der Waals surface area contributed by atoms with Gasteiger partial charge in [-0.15, -0.1) is 0 Å². The highest BCUT2D eigenvalue weighted by molar-refractivity contribution is 7.80. The van der Waals surface area contributed by atoms with Crippen molar-refractivity contribution in [1.29, 1.82) is 0 Å². The van der Waals surface area contributed by atoms with E-state index in [1.54, 1.807) is 0 Å². The first-order valence-corrected chi connectivity index (χ1v) is 5.76. The van der Waals surface area contributed by atoms with Crippen LogP contribution in [-0.4, -0.2) is 14.8 Å². The number of nitrogens with two attached hydrogens (primary N) is 1. The van der Waals surface area contributed by atoms with E-state index >= 15 is 0 Å². The number of nitrogens with one attached hydrogen (secondary N) is 1. The van der Waals surface area contributed by atoms with Crippen LogP contribution in [-0.2, 0) is 6.54 Å². The molecule has 1 aromatic heterocycles. The lowest BCUT2D eigenvalue weighted by molar-refractivity contribution is 0.613. The highest BCUT2D eigenvalue weighted by Crippen LogP contribution is 2.11. The highest BCUT2D eigenvalue weighted by atomic mass is 32.1. The van der Waals surface area contributed by atoms with E-state index in [1.165, 1.54) is 18.2 Å². The molecule has 0 fully saturated rings. The first kappa shape index (κ1) is 13.2. The van der Waals surface area contributed by atoms with Gasteiger partial charge < -0.3 is 5.73 Å². The second kappa shape index (κ2) is 5.15. The van der Waals surface area contributed by atoms with Crippen molar-refractivity contribution in [2.24, 2.45) is 5.73 Å². The number of H-pyrrole nitrogens is 1. The zero-order valence-electron chi connectivity index (χ0n) is 9.72. The van der Waals surface area contributed by atoms with E-state index < -0.39 is 11.4 Å². The molecule has 0 spiro atoms. The standard InChI is InChI=1S/C12H10FN3O2S/c13-9-2-1-7(5-8(9)12(14)19)6-16-11(18)4-3-10(17)15-16/h1-5H,6H2,(H2,14,19)(H,15,17). The highest BCUT2D eigenvalue weighted by Gasteiger charge is 2.07. The molecule has 5 nitrogen and oxygen atoms in total. The predicted octanol–water partition coefficient (Wildman–Crippen LogP) is 0.358. The van der Waals surface area contributed by atoms with Crippen LogP contribution in [0.1, 0.15) is 11.1 Å². The minimum Gasteiger partial charge on any atom is -0.389 e. The van der Waals surface area contributed by atoms with E-state index in [1.807, 2.05) is 0 Å². The molecule has 0 aliphatic rings. The van der Waals surface area contributed by atoms with E-state index in [0.717, 1.165) is 16.8 Å². The second-order valence-electron chi connectivity index (χ2n) is 3.91. The molecule has 0 aliphatic carbocycles. The predicted molar refractivity (Wildman–Crippen MR) is 72.7 cm³/mol. The molecule has 0 radical (unpaired) electrons. The monoisotopic (exact) mass is 279 g/mol. The lowest BCUT2D eigenvalue weighted by Crippen LogP contribution is -2.28. The minimum absolute atomic E-state index is 0.0618. The van der Waals surface area contributed by atoms with Gasteiger partial charge in [0.1, 0.15) is 10.8 Å². The summed E-state index contributed by atoms with van der Waals surface area (Å²) >= 11 is 4.73. The number of hydrogen-bond donors (Lipinski definition) is 2. The summed E-state index contributed by atoms with van der Waals surface area (Å²) in [5.74, 6) is -0.523. The van der Waals surface area contributed by atoms with E-state index in [-0.39, 0.29) is 22.7 Å². The molecule has 2 rings (SSSR count). The van der Waals surface area contributed by atoms with Crippen LogP contribution < -0.4 is 16.9 Å². The van der Waals surface area contributed by atoms with Crippen LogP contribution in [0.15, 0.2) is 39.9 Å². The first-order chi connectivity index (χ1) is 8.97. The summed E-state index contributed by atoms with van der Waals surface area (Å²) in [6, 6.07) is 6.47. The van der Waals surface area contributed by atoms with Gasteiger partial charge in [-0.2, -0.15) is 0 Å². The van der Waals surface area contributed by atoms with Crippen LogP contribution in [0.4, 0.5) is 4.39 Å². The number of benzene rings is 1. The van der Waals surface area contributed by atoms with Crippen LogP contribution in [0.3, 0.4) is 0 Å². The summed E-state index contributed by atoms with van der Waals surface area (Å²) in [4.78, 5) is 22.6. The van der Waals surface area contributed by atoms with Gasteiger partial charge >= 0.3 is 0 Å². The molecular weight excluding hydrogens is 269 g/mol. The fourth-order valence-corrected chi connectivity index (χ4v) is 1.78. The fraction of sp³-hybridized carbons (Fsp3) is 0.0833. The zero-order chi connectivity index (χ0) is 14.0. The molecule has 0 atom stereocenters. The van der Waals surface area contributed by atoms with Crippen molar-refractivity contribution in [2.75, 3.05) is 0 Å². The average Bonchev–Trinajstić information content (AvgIpc) is 2.36. The van der Waals surface area contributed by atoms with Gasteiger partial charge in [0, 0.05) is 17.7 Å². The Morgan fingerprint density at radius 2 is 2.05 bits per heavy atom. The molecule has 7 heteroatoms. The van der Waals surface area contributed by atoms with Gasteiger partial charge in [-0.25, -0.2) is 9.07 Å². The normalized spacial score (nSPS) is 10.4. The van der Waals surface area contributed by atoms with Gasteiger partial charge in [-0.05, 0) is 17.7 Å². The Labute approximate surface area is 112 Å². The summed E-state index contributed by atoms with van der Waals surface area (Å²) in [5, 5.41) is 2.38. The topological polar surface area (TPSA) is 80.9 Å². The van der Waals surface area contributed by atoms with Gasteiger partial charge in [-0.1, -0.05) is 18.3 Å². The van der Waals surface area contributed by atoms with Crippen LogP contribution in [0.5, 0.6) is 0 Å². The van der Waals surface area contributed by atoms with E-state index in [2.05, 4.69) is 5.10 Å². The maximum absolute atomic E-state index is 13.4. The molecule has 19 heavy (non-hydrogen) atoms. The summed E-state index contributed by atoms with van der Waals surface area (Å²) in [6.45, 7) is 0.102. The molecule has 0 aliphatic heterocycles. The lowest BCUT2D eigenvalue weighted by atomic mass is 10.1. The Morgan fingerprint density at radius 1 is 1.32 bits per heavy atom. The van der Waals surface area contributed by atoms with Crippen molar-refractivity contribution >= 4 is 17.2 Å². The third-order valence-electron chi connectivity index (χ3n) is 2.53.